The van der Waals surface area contributed by atoms with Crippen LogP contribution in [0.2, 0.25) is 0 Å². The molecule has 0 unspecified atom stereocenters. The molecule has 0 aliphatic rings. The SMILES string of the molecule is CC.COc1cc(C)ccc1OCCC(C)C. The number of benzene rings is 1. The van der Waals surface area contributed by atoms with Crippen LogP contribution in [0.15, 0.2) is 18.2 Å². The maximum absolute atomic E-state index is 5.67. The van der Waals surface area contributed by atoms with Gasteiger partial charge in [-0.1, -0.05) is 33.8 Å². The highest BCUT2D eigenvalue weighted by Crippen LogP contribution is 2.27. The van der Waals surface area contributed by atoms with Crippen molar-refractivity contribution >= 4 is 0 Å². The van der Waals surface area contributed by atoms with E-state index in [4.69, 9.17) is 9.47 Å². The van der Waals surface area contributed by atoms with Gasteiger partial charge in [0.15, 0.2) is 11.5 Å². The number of rotatable bonds is 5. The van der Waals surface area contributed by atoms with Crippen LogP contribution in [0.5, 0.6) is 11.5 Å². The van der Waals surface area contributed by atoms with E-state index in [0.717, 1.165) is 24.5 Å². The van der Waals surface area contributed by atoms with Gasteiger partial charge in [-0.05, 0) is 37.0 Å². The third-order valence-corrected chi connectivity index (χ3v) is 2.27. The third-order valence-electron chi connectivity index (χ3n) is 2.27. The third kappa shape index (κ3) is 6.20. The second-order valence-electron chi connectivity index (χ2n) is 4.19. The fourth-order valence-electron chi connectivity index (χ4n) is 1.30. The first-order valence-electron chi connectivity index (χ1n) is 6.41. The van der Waals surface area contributed by atoms with E-state index in [1.54, 1.807) is 7.11 Å². The van der Waals surface area contributed by atoms with Gasteiger partial charge in [0.05, 0.1) is 13.7 Å². The largest absolute Gasteiger partial charge is 0.493 e. The summed E-state index contributed by atoms with van der Waals surface area (Å²) in [6.45, 7) is 11.2. The summed E-state index contributed by atoms with van der Waals surface area (Å²) in [5.74, 6) is 2.32. The van der Waals surface area contributed by atoms with E-state index in [9.17, 15) is 0 Å². The molecule has 0 fully saturated rings. The molecule has 0 spiro atoms. The molecule has 0 radical (unpaired) electrons. The van der Waals surface area contributed by atoms with Crippen molar-refractivity contribution in [1.82, 2.24) is 0 Å². The molecule has 17 heavy (non-hydrogen) atoms. The zero-order chi connectivity index (χ0) is 13.3. The van der Waals surface area contributed by atoms with Gasteiger partial charge in [-0.15, -0.1) is 0 Å². The Morgan fingerprint density at radius 3 is 2.29 bits per heavy atom. The van der Waals surface area contributed by atoms with Gasteiger partial charge in [0, 0.05) is 0 Å². The topological polar surface area (TPSA) is 18.5 Å². The van der Waals surface area contributed by atoms with E-state index < -0.39 is 0 Å². The standard InChI is InChI=1S/C13H20O2.C2H6/c1-10(2)7-8-15-12-6-5-11(3)9-13(12)14-4;1-2/h5-6,9-10H,7-8H2,1-4H3;1-2H3. The fraction of sp³-hybridized carbons (Fsp3) is 0.600. The summed E-state index contributed by atoms with van der Waals surface area (Å²) in [7, 11) is 1.67. The van der Waals surface area contributed by atoms with Crippen molar-refractivity contribution < 1.29 is 9.47 Å². The van der Waals surface area contributed by atoms with E-state index in [0.29, 0.717) is 5.92 Å². The average Bonchev–Trinajstić information content (AvgIpc) is 2.33. The van der Waals surface area contributed by atoms with Crippen molar-refractivity contribution in [1.29, 1.82) is 0 Å². The van der Waals surface area contributed by atoms with Gasteiger partial charge in [0.2, 0.25) is 0 Å². The monoisotopic (exact) mass is 238 g/mol. The van der Waals surface area contributed by atoms with Gasteiger partial charge in [0.1, 0.15) is 0 Å². The smallest absolute Gasteiger partial charge is 0.161 e. The maximum Gasteiger partial charge on any atom is 0.161 e. The number of hydrogen-bond donors (Lipinski definition) is 0. The van der Waals surface area contributed by atoms with E-state index in [1.807, 2.05) is 39.0 Å². The normalized spacial score (nSPS) is 9.59. The van der Waals surface area contributed by atoms with E-state index >= 15 is 0 Å². The highest BCUT2D eigenvalue weighted by molar-refractivity contribution is 5.42. The molecule has 0 bridgehead atoms. The minimum Gasteiger partial charge on any atom is -0.493 e. The summed E-state index contributed by atoms with van der Waals surface area (Å²) < 4.78 is 10.9. The van der Waals surface area contributed by atoms with Crippen LogP contribution >= 0.6 is 0 Å². The van der Waals surface area contributed by atoms with Crippen molar-refractivity contribution in [3.05, 3.63) is 23.8 Å². The Morgan fingerprint density at radius 1 is 1.12 bits per heavy atom. The lowest BCUT2D eigenvalue weighted by Crippen LogP contribution is -2.02. The Hall–Kier alpha value is -1.18. The molecule has 1 aromatic rings. The van der Waals surface area contributed by atoms with Gasteiger partial charge in [-0.3, -0.25) is 0 Å². The van der Waals surface area contributed by atoms with Crippen LogP contribution in [0.1, 0.15) is 39.7 Å². The molecule has 0 amide bonds. The first kappa shape index (κ1) is 15.8. The quantitative estimate of drug-likeness (QED) is 0.754. The first-order valence-corrected chi connectivity index (χ1v) is 6.41. The lowest BCUT2D eigenvalue weighted by Gasteiger charge is -2.12. The second kappa shape index (κ2) is 8.91. The Labute approximate surface area is 106 Å². The number of methoxy groups -OCH3 is 1. The molecule has 0 aliphatic heterocycles. The van der Waals surface area contributed by atoms with Crippen molar-refractivity contribution in [2.45, 2.75) is 41.0 Å². The molecule has 1 aromatic carbocycles. The molecule has 98 valence electrons. The fourth-order valence-corrected chi connectivity index (χ4v) is 1.30. The summed E-state index contributed by atoms with van der Waals surface area (Å²) in [5, 5.41) is 0. The summed E-state index contributed by atoms with van der Waals surface area (Å²) >= 11 is 0. The lowest BCUT2D eigenvalue weighted by molar-refractivity contribution is 0.273. The Kier molecular flexibility index (Phi) is 8.29. The summed E-state index contributed by atoms with van der Waals surface area (Å²) in [6, 6.07) is 5.99. The second-order valence-corrected chi connectivity index (χ2v) is 4.19. The average molecular weight is 238 g/mol. The Balaban J connectivity index is 0.00000121. The molecule has 0 saturated carbocycles. The maximum atomic E-state index is 5.67. The van der Waals surface area contributed by atoms with Crippen molar-refractivity contribution in [2.75, 3.05) is 13.7 Å². The van der Waals surface area contributed by atoms with Gasteiger partial charge in [0.25, 0.3) is 0 Å². The highest BCUT2D eigenvalue weighted by atomic mass is 16.5. The molecule has 0 N–H and O–H groups in total. The van der Waals surface area contributed by atoms with Crippen LogP contribution in [-0.4, -0.2) is 13.7 Å². The van der Waals surface area contributed by atoms with Crippen LogP contribution < -0.4 is 9.47 Å². The molecule has 0 aromatic heterocycles. The van der Waals surface area contributed by atoms with Crippen LogP contribution in [0.4, 0.5) is 0 Å². The van der Waals surface area contributed by atoms with Crippen LogP contribution in [0, 0.1) is 12.8 Å². The van der Waals surface area contributed by atoms with Crippen molar-refractivity contribution in [3.8, 4) is 11.5 Å². The molecule has 0 saturated heterocycles. The number of aryl methyl sites for hydroxylation is 1. The predicted molar refractivity (Wildman–Crippen MR) is 74.0 cm³/mol. The van der Waals surface area contributed by atoms with Gasteiger partial charge < -0.3 is 9.47 Å². The van der Waals surface area contributed by atoms with Crippen molar-refractivity contribution in [3.63, 3.8) is 0 Å². The molecule has 0 heterocycles. The van der Waals surface area contributed by atoms with E-state index in [1.165, 1.54) is 5.56 Å². The Morgan fingerprint density at radius 2 is 1.76 bits per heavy atom. The molecule has 0 atom stereocenters. The van der Waals surface area contributed by atoms with Crippen LogP contribution in [0.25, 0.3) is 0 Å². The highest BCUT2D eigenvalue weighted by Gasteiger charge is 2.04. The first-order chi connectivity index (χ1) is 8.13. The lowest BCUT2D eigenvalue weighted by atomic mass is 10.1. The molecule has 0 aliphatic carbocycles. The minimum absolute atomic E-state index is 0.668. The summed E-state index contributed by atoms with van der Waals surface area (Å²) in [6.07, 6.45) is 1.07. The molecule has 2 heteroatoms. The van der Waals surface area contributed by atoms with Gasteiger partial charge in [-0.2, -0.15) is 0 Å². The molecule has 1 rings (SSSR count). The van der Waals surface area contributed by atoms with Crippen molar-refractivity contribution in [2.24, 2.45) is 5.92 Å². The van der Waals surface area contributed by atoms with Gasteiger partial charge >= 0.3 is 0 Å². The van der Waals surface area contributed by atoms with Gasteiger partial charge in [-0.25, -0.2) is 0 Å². The zero-order valence-electron chi connectivity index (χ0n) is 12.0. The summed E-state index contributed by atoms with van der Waals surface area (Å²) in [5.41, 5.74) is 1.18. The zero-order valence-corrected chi connectivity index (χ0v) is 12.0. The molecule has 2 nitrogen and oxygen atoms in total. The molecular weight excluding hydrogens is 212 g/mol. The Bertz CT molecular complexity index is 306. The van der Waals surface area contributed by atoms with Crippen LogP contribution in [-0.2, 0) is 0 Å². The van der Waals surface area contributed by atoms with Crippen LogP contribution in [0.3, 0.4) is 0 Å². The predicted octanol–water partition coefficient (Wildman–Crippen LogP) is 4.45. The van der Waals surface area contributed by atoms with E-state index in [2.05, 4.69) is 13.8 Å². The minimum atomic E-state index is 0.668. The number of hydrogen-bond acceptors (Lipinski definition) is 2. The number of ether oxygens (including phenoxy) is 2. The summed E-state index contributed by atoms with van der Waals surface area (Å²) in [4.78, 5) is 0. The molecular formula is C15H26O2. The van der Waals surface area contributed by atoms with E-state index in [-0.39, 0.29) is 0 Å².